The van der Waals surface area contributed by atoms with E-state index >= 15 is 0 Å². The van der Waals surface area contributed by atoms with Crippen LogP contribution in [0, 0.1) is 5.92 Å². The van der Waals surface area contributed by atoms with Crippen molar-refractivity contribution in [3.8, 4) is 5.75 Å². The maximum absolute atomic E-state index is 5.28. The first-order valence-corrected chi connectivity index (χ1v) is 6.16. The van der Waals surface area contributed by atoms with E-state index in [4.69, 9.17) is 4.74 Å². The van der Waals surface area contributed by atoms with E-state index in [1.807, 2.05) is 0 Å². The van der Waals surface area contributed by atoms with Crippen LogP contribution in [0.1, 0.15) is 37.4 Å². The van der Waals surface area contributed by atoms with E-state index in [-0.39, 0.29) is 0 Å². The lowest BCUT2D eigenvalue weighted by Gasteiger charge is -2.31. The van der Waals surface area contributed by atoms with Gasteiger partial charge in [0.1, 0.15) is 5.75 Å². The summed E-state index contributed by atoms with van der Waals surface area (Å²) in [5.41, 5.74) is 2.91. The second-order valence-corrected chi connectivity index (χ2v) is 4.63. The molecule has 0 amide bonds. The van der Waals surface area contributed by atoms with Gasteiger partial charge in [-0.1, -0.05) is 26.3 Å². The molecule has 1 aromatic carbocycles. The van der Waals surface area contributed by atoms with Crippen LogP contribution in [0.2, 0.25) is 0 Å². The van der Waals surface area contributed by atoms with Crippen LogP contribution >= 0.6 is 0 Å². The van der Waals surface area contributed by atoms with Gasteiger partial charge in [-0.25, -0.2) is 0 Å². The number of methoxy groups -OCH3 is 1. The van der Waals surface area contributed by atoms with Gasteiger partial charge < -0.3 is 10.1 Å². The molecule has 2 heteroatoms. The Morgan fingerprint density at radius 1 is 1.50 bits per heavy atom. The third-order valence-electron chi connectivity index (χ3n) is 3.66. The Labute approximate surface area is 98.0 Å². The summed E-state index contributed by atoms with van der Waals surface area (Å²) in [6.07, 6.45) is 2.32. The van der Waals surface area contributed by atoms with Gasteiger partial charge in [0.05, 0.1) is 7.11 Å². The normalized spacial score (nSPS) is 21.3. The Hall–Kier alpha value is -1.02. The van der Waals surface area contributed by atoms with Crippen molar-refractivity contribution < 1.29 is 4.74 Å². The molecule has 1 aliphatic heterocycles. The number of hydrogen-bond acceptors (Lipinski definition) is 2. The molecule has 0 fully saturated rings. The molecule has 0 radical (unpaired) electrons. The summed E-state index contributed by atoms with van der Waals surface area (Å²) in [6.45, 7) is 5.65. The van der Waals surface area contributed by atoms with E-state index in [0.717, 1.165) is 18.7 Å². The highest BCUT2D eigenvalue weighted by atomic mass is 16.5. The zero-order valence-electron chi connectivity index (χ0n) is 10.4. The highest BCUT2D eigenvalue weighted by molar-refractivity contribution is 5.39. The Bertz CT molecular complexity index is 362. The molecule has 2 rings (SSSR count). The van der Waals surface area contributed by atoms with Crippen molar-refractivity contribution in [1.29, 1.82) is 0 Å². The van der Waals surface area contributed by atoms with Crippen molar-refractivity contribution in [1.82, 2.24) is 5.32 Å². The number of hydrogen-bond donors (Lipinski definition) is 1. The van der Waals surface area contributed by atoms with E-state index in [1.165, 1.54) is 17.5 Å². The van der Waals surface area contributed by atoms with E-state index in [9.17, 15) is 0 Å². The molecule has 1 aromatic rings. The van der Waals surface area contributed by atoms with Crippen LogP contribution in [0.3, 0.4) is 0 Å². The zero-order chi connectivity index (χ0) is 11.5. The topological polar surface area (TPSA) is 21.3 Å². The van der Waals surface area contributed by atoms with Gasteiger partial charge in [-0.15, -0.1) is 0 Å². The molecule has 88 valence electrons. The average Bonchev–Trinajstić information content (AvgIpc) is 2.36. The summed E-state index contributed by atoms with van der Waals surface area (Å²) in [5.74, 6) is 1.66. The first-order valence-electron chi connectivity index (χ1n) is 6.16. The van der Waals surface area contributed by atoms with Crippen molar-refractivity contribution in [3.63, 3.8) is 0 Å². The maximum Gasteiger partial charge on any atom is 0.119 e. The quantitative estimate of drug-likeness (QED) is 0.844. The minimum atomic E-state index is 0.514. The fraction of sp³-hybridized carbons (Fsp3) is 0.571. The largest absolute Gasteiger partial charge is 0.497 e. The molecule has 1 N–H and O–H groups in total. The van der Waals surface area contributed by atoms with Gasteiger partial charge in [0, 0.05) is 6.04 Å². The van der Waals surface area contributed by atoms with Gasteiger partial charge in [-0.3, -0.25) is 0 Å². The molecule has 0 saturated heterocycles. The van der Waals surface area contributed by atoms with Crippen molar-refractivity contribution in [2.75, 3.05) is 13.7 Å². The summed E-state index contributed by atoms with van der Waals surface area (Å²) in [6, 6.07) is 6.99. The van der Waals surface area contributed by atoms with Crippen molar-refractivity contribution >= 4 is 0 Å². The fourth-order valence-electron chi connectivity index (χ4n) is 2.44. The van der Waals surface area contributed by atoms with E-state index < -0.39 is 0 Å². The minimum absolute atomic E-state index is 0.514. The molecule has 2 nitrogen and oxygen atoms in total. The molecule has 16 heavy (non-hydrogen) atoms. The van der Waals surface area contributed by atoms with E-state index in [1.54, 1.807) is 7.11 Å². The van der Waals surface area contributed by atoms with E-state index in [2.05, 4.69) is 37.4 Å². The summed E-state index contributed by atoms with van der Waals surface area (Å²) < 4.78 is 5.28. The average molecular weight is 219 g/mol. The molecule has 1 aliphatic rings. The molecule has 0 saturated carbocycles. The molecular formula is C14H21NO. The SMILES string of the molecule is CCC(C)C1NCCc2cc(OC)ccc21. The smallest absolute Gasteiger partial charge is 0.119 e. The van der Waals surface area contributed by atoms with Gasteiger partial charge in [0.25, 0.3) is 0 Å². The Morgan fingerprint density at radius 3 is 3.00 bits per heavy atom. The van der Waals surface area contributed by atoms with Crippen LogP contribution in [0.5, 0.6) is 5.75 Å². The molecule has 0 bridgehead atoms. The lowest BCUT2D eigenvalue weighted by molar-refractivity contribution is 0.360. The van der Waals surface area contributed by atoms with Gasteiger partial charge in [-0.2, -0.15) is 0 Å². The van der Waals surface area contributed by atoms with Crippen molar-refractivity contribution in [3.05, 3.63) is 29.3 Å². The lowest BCUT2D eigenvalue weighted by atomic mass is 9.86. The fourth-order valence-corrected chi connectivity index (χ4v) is 2.44. The maximum atomic E-state index is 5.28. The molecule has 0 aliphatic carbocycles. The predicted molar refractivity (Wildman–Crippen MR) is 66.9 cm³/mol. The van der Waals surface area contributed by atoms with Crippen LogP contribution in [0.15, 0.2) is 18.2 Å². The Kier molecular flexibility index (Phi) is 3.49. The van der Waals surface area contributed by atoms with Crippen molar-refractivity contribution in [2.24, 2.45) is 5.92 Å². The number of ether oxygens (including phenoxy) is 1. The van der Waals surface area contributed by atoms with Crippen LogP contribution in [-0.2, 0) is 6.42 Å². The van der Waals surface area contributed by atoms with Crippen LogP contribution < -0.4 is 10.1 Å². The highest BCUT2D eigenvalue weighted by Gasteiger charge is 2.23. The first kappa shape index (κ1) is 11.5. The standard InChI is InChI=1S/C14H21NO/c1-4-10(2)14-13-6-5-12(16-3)9-11(13)7-8-15-14/h5-6,9-10,14-15H,4,7-8H2,1-3H3. The molecule has 2 atom stereocenters. The van der Waals surface area contributed by atoms with Crippen LogP contribution in [0.4, 0.5) is 0 Å². The predicted octanol–water partition coefficient (Wildman–Crippen LogP) is 2.93. The highest BCUT2D eigenvalue weighted by Crippen LogP contribution is 2.32. The number of rotatable bonds is 3. The summed E-state index contributed by atoms with van der Waals surface area (Å²) in [4.78, 5) is 0. The molecular weight excluding hydrogens is 198 g/mol. The second kappa shape index (κ2) is 4.88. The molecule has 0 aromatic heterocycles. The summed E-state index contributed by atoms with van der Waals surface area (Å²) in [5, 5.41) is 3.62. The third kappa shape index (κ3) is 2.07. The Morgan fingerprint density at radius 2 is 2.31 bits per heavy atom. The Balaban J connectivity index is 2.32. The monoisotopic (exact) mass is 219 g/mol. The summed E-state index contributed by atoms with van der Waals surface area (Å²) >= 11 is 0. The minimum Gasteiger partial charge on any atom is -0.497 e. The zero-order valence-corrected chi connectivity index (χ0v) is 10.4. The molecule has 1 heterocycles. The van der Waals surface area contributed by atoms with Gasteiger partial charge in [0.15, 0.2) is 0 Å². The second-order valence-electron chi connectivity index (χ2n) is 4.63. The summed E-state index contributed by atoms with van der Waals surface area (Å²) in [7, 11) is 1.73. The van der Waals surface area contributed by atoms with Crippen LogP contribution in [-0.4, -0.2) is 13.7 Å². The third-order valence-corrected chi connectivity index (χ3v) is 3.66. The van der Waals surface area contributed by atoms with Gasteiger partial charge in [-0.05, 0) is 42.1 Å². The van der Waals surface area contributed by atoms with E-state index in [0.29, 0.717) is 12.0 Å². The molecule has 0 spiro atoms. The van der Waals surface area contributed by atoms with Crippen molar-refractivity contribution in [2.45, 2.75) is 32.7 Å². The van der Waals surface area contributed by atoms with Crippen LogP contribution in [0.25, 0.3) is 0 Å². The lowest BCUT2D eigenvalue weighted by Crippen LogP contribution is -2.33. The molecule has 2 unspecified atom stereocenters. The van der Waals surface area contributed by atoms with Gasteiger partial charge >= 0.3 is 0 Å². The van der Waals surface area contributed by atoms with Gasteiger partial charge in [0.2, 0.25) is 0 Å². The number of nitrogens with one attached hydrogen (secondary N) is 1. The first-order chi connectivity index (χ1) is 7.76. The number of benzene rings is 1. The number of fused-ring (bicyclic) bond motifs is 1.